The van der Waals surface area contributed by atoms with Crippen LogP contribution >= 0.6 is 0 Å². The third-order valence-electron chi connectivity index (χ3n) is 3.93. The molecule has 1 saturated heterocycles. The summed E-state index contributed by atoms with van der Waals surface area (Å²) in [6.07, 6.45) is -0.265. The number of nitrogens with zero attached hydrogens (tertiary/aromatic N) is 1. The minimum Gasteiger partial charge on any atom is -0.351 e. The van der Waals surface area contributed by atoms with Crippen molar-refractivity contribution in [1.82, 2.24) is 4.90 Å². The van der Waals surface area contributed by atoms with Crippen molar-refractivity contribution in [2.45, 2.75) is 39.1 Å². The first-order valence-electron chi connectivity index (χ1n) is 7.86. The molecule has 0 unspecified atom stereocenters. The topological polar surface area (TPSA) is 38.8 Å². The Balaban J connectivity index is 2.13. The average molecular weight is 309 g/mol. The van der Waals surface area contributed by atoms with Crippen LogP contribution < -0.4 is 0 Å². The van der Waals surface area contributed by atoms with Crippen molar-refractivity contribution in [2.24, 2.45) is 5.92 Å². The highest BCUT2D eigenvalue weighted by Crippen LogP contribution is 2.35. The fraction of sp³-hybridized carbons (Fsp3) is 0.588. The molecule has 122 valence electrons. The largest absolute Gasteiger partial charge is 0.351 e. The fourth-order valence-electron chi connectivity index (χ4n) is 2.93. The molecule has 22 heavy (non-hydrogen) atoms. The van der Waals surface area contributed by atoms with E-state index in [2.05, 4.69) is 0 Å². The zero-order chi connectivity index (χ0) is 15.9. The van der Waals surface area contributed by atoms with Crippen molar-refractivity contribution >= 4 is 5.91 Å². The van der Waals surface area contributed by atoms with Crippen LogP contribution in [0.3, 0.4) is 0 Å². The summed E-state index contributed by atoms with van der Waals surface area (Å²) in [7, 11) is 0. The molecule has 0 saturated carbocycles. The number of hydrogen-bond donors (Lipinski definition) is 0. The van der Waals surface area contributed by atoms with Crippen LogP contribution in [-0.2, 0) is 20.8 Å². The smallest absolute Gasteiger partial charge is 0.228 e. The molecule has 0 aliphatic carbocycles. The first-order chi connectivity index (χ1) is 10.7. The van der Waals surface area contributed by atoms with Crippen LogP contribution in [0.2, 0.25) is 0 Å². The number of carbonyl (C=O) groups excluding carboxylic acids is 1. The highest BCUT2D eigenvalue weighted by molar-refractivity contribution is 5.86. The van der Waals surface area contributed by atoms with Crippen LogP contribution in [0.25, 0.3) is 0 Å². The Morgan fingerprint density at radius 3 is 2.36 bits per heavy atom. The SMILES string of the molecule is CCOC(OCC)[C@@H]1[C@@H](CCF)C(=O)N1Cc1ccccc1. The maximum Gasteiger partial charge on any atom is 0.228 e. The van der Waals surface area contributed by atoms with E-state index in [9.17, 15) is 9.18 Å². The molecule has 0 spiro atoms. The lowest BCUT2D eigenvalue weighted by Gasteiger charge is -2.49. The van der Waals surface area contributed by atoms with Gasteiger partial charge in [-0.05, 0) is 25.8 Å². The molecular formula is C17H24FNO3. The van der Waals surface area contributed by atoms with E-state index in [-0.39, 0.29) is 24.3 Å². The second-order valence-corrected chi connectivity index (χ2v) is 5.31. The zero-order valence-corrected chi connectivity index (χ0v) is 13.2. The minimum atomic E-state index is -0.503. The second kappa shape index (κ2) is 8.25. The molecular weight excluding hydrogens is 285 g/mol. The Morgan fingerprint density at radius 1 is 1.18 bits per heavy atom. The molecule has 1 fully saturated rings. The van der Waals surface area contributed by atoms with E-state index in [0.717, 1.165) is 5.56 Å². The molecule has 5 heteroatoms. The molecule has 1 aromatic rings. The first-order valence-corrected chi connectivity index (χ1v) is 7.86. The first kappa shape index (κ1) is 16.9. The van der Waals surface area contributed by atoms with E-state index >= 15 is 0 Å². The molecule has 1 aliphatic heterocycles. The Morgan fingerprint density at radius 2 is 1.82 bits per heavy atom. The van der Waals surface area contributed by atoms with Gasteiger partial charge in [-0.2, -0.15) is 0 Å². The van der Waals surface area contributed by atoms with Gasteiger partial charge < -0.3 is 14.4 Å². The molecule has 2 rings (SSSR count). The Labute approximate surface area is 131 Å². The Bertz CT molecular complexity index is 462. The van der Waals surface area contributed by atoms with Gasteiger partial charge in [0.05, 0.1) is 18.6 Å². The van der Waals surface area contributed by atoms with Gasteiger partial charge in [0, 0.05) is 19.8 Å². The van der Waals surface area contributed by atoms with Gasteiger partial charge in [-0.1, -0.05) is 30.3 Å². The van der Waals surface area contributed by atoms with Gasteiger partial charge in [0.2, 0.25) is 5.91 Å². The van der Waals surface area contributed by atoms with Crippen LogP contribution in [0.1, 0.15) is 25.8 Å². The molecule has 0 aromatic heterocycles. The number of benzene rings is 1. The number of carbonyl (C=O) groups is 1. The van der Waals surface area contributed by atoms with Crippen molar-refractivity contribution < 1.29 is 18.7 Å². The van der Waals surface area contributed by atoms with Gasteiger partial charge >= 0.3 is 0 Å². The summed E-state index contributed by atoms with van der Waals surface area (Å²) >= 11 is 0. The van der Waals surface area contributed by atoms with Crippen LogP contribution in [0.5, 0.6) is 0 Å². The van der Waals surface area contributed by atoms with Crippen molar-refractivity contribution in [3.63, 3.8) is 0 Å². The summed E-state index contributed by atoms with van der Waals surface area (Å²) in [5.41, 5.74) is 1.05. The van der Waals surface area contributed by atoms with E-state index in [4.69, 9.17) is 9.47 Å². The second-order valence-electron chi connectivity index (χ2n) is 5.31. The van der Waals surface area contributed by atoms with E-state index in [1.807, 2.05) is 44.2 Å². The Hall–Kier alpha value is -1.46. The fourth-order valence-corrected chi connectivity index (χ4v) is 2.93. The number of alkyl halides is 1. The number of rotatable bonds is 9. The van der Waals surface area contributed by atoms with Gasteiger partial charge in [-0.3, -0.25) is 9.18 Å². The Kier molecular flexibility index (Phi) is 6.34. The molecule has 1 aromatic carbocycles. The third-order valence-corrected chi connectivity index (χ3v) is 3.93. The van der Waals surface area contributed by atoms with Gasteiger partial charge in [0.25, 0.3) is 0 Å². The number of β-lactam (4-membered cyclic amide) rings is 1. The van der Waals surface area contributed by atoms with Gasteiger partial charge in [-0.25, -0.2) is 0 Å². The van der Waals surface area contributed by atoms with E-state index in [1.165, 1.54) is 0 Å². The van der Waals surface area contributed by atoms with Crippen LogP contribution in [0.4, 0.5) is 4.39 Å². The van der Waals surface area contributed by atoms with Crippen LogP contribution in [-0.4, -0.2) is 43.0 Å². The molecule has 1 amide bonds. The molecule has 4 nitrogen and oxygen atoms in total. The molecule has 0 bridgehead atoms. The van der Waals surface area contributed by atoms with E-state index in [1.54, 1.807) is 4.90 Å². The molecule has 2 atom stereocenters. The van der Waals surface area contributed by atoms with Crippen LogP contribution in [0, 0.1) is 5.92 Å². The van der Waals surface area contributed by atoms with Crippen molar-refractivity contribution in [1.29, 1.82) is 0 Å². The average Bonchev–Trinajstić information content (AvgIpc) is 2.54. The van der Waals surface area contributed by atoms with Crippen LogP contribution in [0.15, 0.2) is 30.3 Å². The summed E-state index contributed by atoms with van der Waals surface area (Å²) in [5, 5.41) is 0. The predicted octanol–water partition coefficient (Wildman–Crippen LogP) is 2.77. The summed E-state index contributed by atoms with van der Waals surface area (Å²) < 4.78 is 24.0. The molecule has 1 heterocycles. The normalized spacial score (nSPS) is 21.3. The highest BCUT2D eigenvalue weighted by atomic mass is 19.1. The maximum atomic E-state index is 12.7. The number of hydrogen-bond acceptors (Lipinski definition) is 3. The lowest BCUT2D eigenvalue weighted by Crippen LogP contribution is -2.66. The highest BCUT2D eigenvalue weighted by Gasteiger charge is 2.51. The van der Waals surface area contributed by atoms with Gasteiger partial charge in [0.15, 0.2) is 6.29 Å². The standard InChI is InChI=1S/C17H24FNO3/c1-3-21-17(22-4-2)15-14(10-11-18)16(20)19(15)12-13-8-6-5-7-9-13/h5-9,14-15,17H,3-4,10-12H2,1-2H3/t14-,15+/m1/s1. The zero-order valence-electron chi connectivity index (χ0n) is 13.2. The lowest BCUT2D eigenvalue weighted by atomic mass is 9.83. The monoisotopic (exact) mass is 309 g/mol. The molecule has 0 radical (unpaired) electrons. The lowest BCUT2D eigenvalue weighted by molar-refractivity contribution is -0.218. The van der Waals surface area contributed by atoms with Crippen molar-refractivity contribution in [3.8, 4) is 0 Å². The summed E-state index contributed by atoms with van der Waals surface area (Å²) in [4.78, 5) is 14.1. The third kappa shape index (κ3) is 3.65. The summed E-state index contributed by atoms with van der Waals surface area (Å²) in [5.74, 6) is -0.368. The van der Waals surface area contributed by atoms with Crippen molar-refractivity contribution in [2.75, 3.05) is 19.9 Å². The summed E-state index contributed by atoms with van der Waals surface area (Å²) in [6, 6.07) is 9.55. The quantitative estimate of drug-likeness (QED) is 0.520. The number of amides is 1. The number of likely N-dealkylation sites (tertiary alicyclic amines) is 1. The predicted molar refractivity (Wildman–Crippen MR) is 81.9 cm³/mol. The van der Waals surface area contributed by atoms with Gasteiger partial charge in [-0.15, -0.1) is 0 Å². The summed E-state index contributed by atoms with van der Waals surface area (Å²) in [6.45, 7) is 4.77. The molecule has 1 aliphatic rings. The minimum absolute atomic E-state index is 0.0177. The maximum absolute atomic E-state index is 12.7. The van der Waals surface area contributed by atoms with E-state index in [0.29, 0.717) is 19.8 Å². The van der Waals surface area contributed by atoms with Gasteiger partial charge in [0.1, 0.15) is 0 Å². The number of ether oxygens (including phenoxy) is 2. The van der Waals surface area contributed by atoms with Crippen molar-refractivity contribution in [3.05, 3.63) is 35.9 Å². The molecule has 0 N–H and O–H groups in total. The van der Waals surface area contributed by atoms with E-state index < -0.39 is 13.0 Å². The number of halogens is 1.